The van der Waals surface area contributed by atoms with Gasteiger partial charge in [0.15, 0.2) is 0 Å². The number of amides is 1. The zero-order chi connectivity index (χ0) is 20.2. The number of nitrogens with one attached hydrogen (secondary N) is 1. The summed E-state index contributed by atoms with van der Waals surface area (Å²) in [6, 6.07) is 11.6. The Bertz CT molecular complexity index is 959. The third-order valence-corrected chi connectivity index (χ3v) is 5.34. The largest absolute Gasteiger partial charge is 0.350 e. The fraction of sp³-hybridized carbons (Fsp3) is 0.278. The highest BCUT2D eigenvalue weighted by molar-refractivity contribution is 7.92. The highest BCUT2D eigenvalue weighted by atomic mass is 32.2. The zero-order valence-electron chi connectivity index (χ0n) is 15.2. The minimum atomic E-state index is -3.85. The molecule has 0 saturated carbocycles. The lowest BCUT2D eigenvalue weighted by Gasteiger charge is -2.28. The summed E-state index contributed by atoms with van der Waals surface area (Å²) in [5, 5.41) is 13.7. The van der Waals surface area contributed by atoms with E-state index in [9.17, 15) is 23.3 Å². The Morgan fingerprint density at radius 2 is 1.89 bits per heavy atom. The highest BCUT2D eigenvalue weighted by Crippen LogP contribution is 2.25. The van der Waals surface area contributed by atoms with Gasteiger partial charge in [-0.05, 0) is 31.0 Å². The first-order chi connectivity index (χ1) is 12.6. The Morgan fingerprint density at radius 3 is 2.48 bits per heavy atom. The van der Waals surface area contributed by atoms with E-state index in [1.54, 1.807) is 0 Å². The Balaban J connectivity index is 2.26. The predicted molar refractivity (Wildman–Crippen MR) is 103 cm³/mol. The first-order valence-electron chi connectivity index (χ1n) is 8.17. The minimum Gasteiger partial charge on any atom is -0.350 e. The summed E-state index contributed by atoms with van der Waals surface area (Å²) in [7, 11) is -3.85. The van der Waals surface area contributed by atoms with E-state index in [4.69, 9.17) is 0 Å². The van der Waals surface area contributed by atoms with Crippen molar-refractivity contribution in [3.63, 3.8) is 0 Å². The molecule has 0 bridgehead atoms. The molecule has 8 nitrogen and oxygen atoms in total. The molecule has 0 aliphatic carbocycles. The van der Waals surface area contributed by atoms with Crippen molar-refractivity contribution in [3.05, 3.63) is 69.8 Å². The molecule has 2 aromatic rings. The minimum absolute atomic E-state index is 0.0604. The average molecular weight is 391 g/mol. The molecule has 0 radical (unpaired) electrons. The van der Waals surface area contributed by atoms with Crippen molar-refractivity contribution in [2.24, 2.45) is 0 Å². The molecule has 1 atom stereocenters. The van der Waals surface area contributed by atoms with Crippen molar-refractivity contribution in [2.45, 2.75) is 26.4 Å². The standard InChI is InChI=1S/C18H21N3O5S/c1-13-7-4-5-8-15(13)12-19-18(22)14(2)20(27(3,25)26)16-9-6-10-17(11-16)21(23)24/h4-11,14H,12H2,1-3H3,(H,19,22)/t14-/m1/s1. The van der Waals surface area contributed by atoms with Crippen LogP contribution < -0.4 is 9.62 Å². The van der Waals surface area contributed by atoms with Gasteiger partial charge in [-0.25, -0.2) is 8.42 Å². The SMILES string of the molecule is Cc1ccccc1CNC(=O)[C@@H](C)N(c1cccc([N+](=O)[O-])c1)S(C)(=O)=O. The lowest BCUT2D eigenvalue weighted by atomic mass is 10.1. The number of non-ortho nitro benzene ring substituents is 1. The summed E-state index contributed by atoms with van der Waals surface area (Å²) in [5.74, 6) is -0.504. The summed E-state index contributed by atoms with van der Waals surface area (Å²) >= 11 is 0. The number of sulfonamides is 1. The number of nitro groups is 1. The molecule has 0 heterocycles. The zero-order valence-corrected chi connectivity index (χ0v) is 16.1. The predicted octanol–water partition coefficient (Wildman–Crippen LogP) is 2.37. The summed E-state index contributed by atoms with van der Waals surface area (Å²) in [6.07, 6.45) is 0.955. The smallest absolute Gasteiger partial charge is 0.271 e. The number of hydrogen-bond acceptors (Lipinski definition) is 5. The Kier molecular flexibility index (Phi) is 6.17. The second-order valence-corrected chi connectivity index (χ2v) is 8.02. The molecule has 2 aromatic carbocycles. The second-order valence-electron chi connectivity index (χ2n) is 6.16. The van der Waals surface area contributed by atoms with Crippen LogP contribution in [0.3, 0.4) is 0 Å². The fourth-order valence-corrected chi connectivity index (χ4v) is 3.86. The van der Waals surface area contributed by atoms with Crippen molar-refractivity contribution in [2.75, 3.05) is 10.6 Å². The van der Waals surface area contributed by atoms with Crippen LogP contribution in [-0.4, -0.2) is 31.5 Å². The lowest BCUT2D eigenvalue weighted by Crippen LogP contribution is -2.47. The van der Waals surface area contributed by atoms with E-state index < -0.39 is 26.9 Å². The second kappa shape index (κ2) is 8.17. The van der Waals surface area contributed by atoms with Crippen LogP contribution in [0.25, 0.3) is 0 Å². The molecule has 0 aromatic heterocycles. The summed E-state index contributed by atoms with van der Waals surface area (Å²) < 4.78 is 25.4. The Morgan fingerprint density at radius 1 is 1.22 bits per heavy atom. The van der Waals surface area contributed by atoms with Crippen molar-refractivity contribution in [1.82, 2.24) is 5.32 Å². The molecule has 0 unspecified atom stereocenters. The molecule has 9 heteroatoms. The van der Waals surface area contributed by atoms with Gasteiger partial charge in [0.05, 0.1) is 16.9 Å². The molecule has 0 aliphatic heterocycles. The third kappa shape index (κ3) is 5.04. The number of nitrogens with zero attached hydrogens (tertiary/aromatic N) is 2. The monoisotopic (exact) mass is 391 g/mol. The number of hydrogen-bond donors (Lipinski definition) is 1. The summed E-state index contributed by atoms with van der Waals surface area (Å²) in [6.45, 7) is 3.60. The van der Waals surface area contributed by atoms with Gasteiger partial charge in [0.1, 0.15) is 6.04 Å². The van der Waals surface area contributed by atoms with Crippen LogP contribution in [0.15, 0.2) is 48.5 Å². The fourth-order valence-electron chi connectivity index (χ4n) is 2.69. The van der Waals surface area contributed by atoms with Crippen LogP contribution in [0.5, 0.6) is 0 Å². The van der Waals surface area contributed by atoms with Crippen LogP contribution in [0, 0.1) is 17.0 Å². The highest BCUT2D eigenvalue weighted by Gasteiger charge is 2.30. The van der Waals surface area contributed by atoms with Gasteiger partial charge in [-0.3, -0.25) is 19.2 Å². The molecule has 27 heavy (non-hydrogen) atoms. The van der Waals surface area contributed by atoms with Crippen LogP contribution in [0.2, 0.25) is 0 Å². The van der Waals surface area contributed by atoms with Crippen LogP contribution in [0.1, 0.15) is 18.1 Å². The number of nitro benzene ring substituents is 1. The average Bonchev–Trinajstić information content (AvgIpc) is 2.60. The molecule has 0 fully saturated rings. The first kappa shape index (κ1) is 20.4. The van der Waals surface area contributed by atoms with Gasteiger partial charge in [0.25, 0.3) is 5.69 Å². The van der Waals surface area contributed by atoms with Crippen molar-refractivity contribution in [3.8, 4) is 0 Å². The maximum absolute atomic E-state index is 12.6. The van der Waals surface area contributed by atoms with E-state index >= 15 is 0 Å². The molecule has 1 amide bonds. The quantitative estimate of drug-likeness (QED) is 0.576. The van der Waals surface area contributed by atoms with E-state index in [0.717, 1.165) is 27.8 Å². The van der Waals surface area contributed by atoms with E-state index in [0.29, 0.717) is 0 Å². The van der Waals surface area contributed by atoms with Gasteiger partial charge in [0, 0.05) is 18.7 Å². The van der Waals surface area contributed by atoms with Gasteiger partial charge < -0.3 is 5.32 Å². The number of rotatable bonds is 7. The summed E-state index contributed by atoms with van der Waals surface area (Å²) in [5.41, 5.74) is 1.72. The van der Waals surface area contributed by atoms with Crippen molar-refractivity contribution in [1.29, 1.82) is 0 Å². The van der Waals surface area contributed by atoms with Gasteiger partial charge in [-0.1, -0.05) is 30.3 Å². The van der Waals surface area contributed by atoms with Gasteiger partial charge in [-0.15, -0.1) is 0 Å². The first-order valence-corrected chi connectivity index (χ1v) is 10.0. The Labute approximate surface area is 158 Å². The van der Waals surface area contributed by atoms with Crippen molar-refractivity contribution >= 4 is 27.3 Å². The molecule has 0 saturated heterocycles. The number of aryl methyl sites for hydroxylation is 1. The number of anilines is 1. The molecule has 1 N–H and O–H groups in total. The molecule has 0 spiro atoms. The molecular formula is C18H21N3O5S. The molecular weight excluding hydrogens is 370 g/mol. The maximum atomic E-state index is 12.6. The number of carbonyl (C=O) groups excluding carboxylic acids is 1. The van der Waals surface area contributed by atoms with Crippen LogP contribution in [-0.2, 0) is 21.4 Å². The van der Waals surface area contributed by atoms with E-state index in [1.165, 1.54) is 25.1 Å². The van der Waals surface area contributed by atoms with E-state index in [2.05, 4.69) is 5.32 Å². The molecule has 0 aliphatic rings. The number of carbonyl (C=O) groups is 1. The Hall–Kier alpha value is -2.94. The van der Waals surface area contributed by atoms with Crippen LogP contribution >= 0.6 is 0 Å². The van der Waals surface area contributed by atoms with Gasteiger partial charge in [-0.2, -0.15) is 0 Å². The molecule has 144 valence electrons. The van der Waals surface area contributed by atoms with Crippen LogP contribution in [0.4, 0.5) is 11.4 Å². The maximum Gasteiger partial charge on any atom is 0.271 e. The van der Waals surface area contributed by atoms with Gasteiger partial charge in [0.2, 0.25) is 15.9 Å². The van der Waals surface area contributed by atoms with E-state index in [-0.39, 0.29) is 17.9 Å². The van der Waals surface area contributed by atoms with Crippen molar-refractivity contribution < 1.29 is 18.1 Å². The number of benzene rings is 2. The normalized spacial score (nSPS) is 12.3. The van der Waals surface area contributed by atoms with Gasteiger partial charge >= 0.3 is 0 Å². The summed E-state index contributed by atoms with van der Waals surface area (Å²) in [4.78, 5) is 22.9. The third-order valence-electron chi connectivity index (χ3n) is 4.10. The van der Waals surface area contributed by atoms with E-state index in [1.807, 2.05) is 31.2 Å². The topological polar surface area (TPSA) is 110 Å². The lowest BCUT2D eigenvalue weighted by molar-refractivity contribution is -0.384. The molecule has 2 rings (SSSR count).